The van der Waals surface area contributed by atoms with E-state index < -0.39 is 5.60 Å². The summed E-state index contributed by atoms with van der Waals surface area (Å²) in [6.07, 6.45) is 12.2. The summed E-state index contributed by atoms with van der Waals surface area (Å²) in [5.41, 5.74) is 5.97. The number of H-pyrrole nitrogens is 1. The molecule has 6 rings (SSSR count). The molecule has 0 spiro atoms. The third-order valence-corrected chi connectivity index (χ3v) is 9.86. The van der Waals surface area contributed by atoms with E-state index in [1.165, 1.54) is 22.1 Å². The maximum absolute atomic E-state index is 12.4. The zero-order valence-electron chi connectivity index (χ0n) is 22.8. The average molecular weight is 490 g/mol. The standard InChI is InChI=1S/C29H36N2O2.C2H7N/c1-17-23-8-6-19(15-25(23)31-30-17)24-9-10-26-28(24,4)27(2,3)16-21-13-20-14-22(32)7-5-18(20)11-12-29(21,26)33;1-3-2/h6,8-9,13,15-16,18,22,26,32-33H,5,7,10-12,14H2,1-4H3,(H,30,31);3H,1-2H3/t18?,22?,26?,28?,29-;/m1./s1. The SMILES string of the molecule is CNC.Cc1[nH]nc2cc(C3=CCC4C3(C)C(C)(C)C=C3C=C5CC(O)CCC5CC[C@@]34O)ccc12. The van der Waals surface area contributed by atoms with Crippen LogP contribution in [0.15, 0.2) is 47.6 Å². The largest absolute Gasteiger partial charge is 0.393 e. The van der Waals surface area contributed by atoms with Gasteiger partial charge in [0.1, 0.15) is 0 Å². The minimum atomic E-state index is -0.829. The summed E-state index contributed by atoms with van der Waals surface area (Å²) in [6.45, 7) is 9.10. The van der Waals surface area contributed by atoms with Crippen molar-refractivity contribution < 1.29 is 10.2 Å². The topological polar surface area (TPSA) is 81.2 Å². The van der Waals surface area contributed by atoms with Crippen LogP contribution in [0.2, 0.25) is 0 Å². The first-order valence-electron chi connectivity index (χ1n) is 13.6. The highest BCUT2D eigenvalue weighted by Gasteiger charge is 2.62. The monoisotopic (exact) mass is 489 g/mol. The van der Waals surface area contributed by atoms with Gasteiger partial charge in [-0.1, -0.05) is 56.7 Å². The molecule has 0 radical (unpaired) electrons. The van der Waals surface area contributed by atoms with Gasteiger partial charge in [0.15, 0.2) is 0 Å². The molecule has 0 saturated heterocycles. The molecule has 1 heterocycles. The summed E-state index contributed by atoms with van der Waals surface area (Å²) in [5, 5.41) is 34.2. The van der Waals surface area contributed by atoms with Gasteiger partial charge in [-0.05, 0) is 93.7 Å². The van der Waals surface area contributed by atoms with Crippen molar-refractivity contribution >= 4 is 16.5 Å². The molecule has 0 bridgehead atoms. The minimum absolute atomic E-state index is 0.123. The Morgan fingerprint density at radius 1 is 1.11 bits per heavy atom. The van der Waals surface area contributed by atoms with Crippen LogP contribution >= 0.6 is 0 Å². The highest BCUT2D eigenvalue weighted by atomic mass is 16.3. The van der Waals surface area contributed by atoms with Gasteiger partial charge < -0.3 is 15.5 Å². The Balaban J connectivity index is 0.000000848. The van der Waals surface area contributed by atoms with E-state index in [2.05, 4.69) is 79.6 Å². The van der Waals surface area contributed by atoms with Crippen molar-refractivity contribution in [3.8, 4) is 0 Å². The minimum Gasteiger partial charge on any atom is -0.393 e. The van der Waals surface area contributed by atoms with Crippen molar-refractivity contribution in [2.75, 3.05) is 14.1 Å². The number of nitrogens with zero attached hydrogens (tertiary/aromatic N) is 1. The van der Waals surface area contributed by atoms with E-state index in [4.69, 9.17) is 0 Å². The maximum Gasteiger partial charge on any atom is 0.0933 e. The normalized spacial score (nSPS) is 34.8. The molecular formula is C31H43N3O2. The lowest BCUT2D eigenvalue weighted by Crippen LogP contribution is -2.55. The number of aromatic amines is 1. The Morgan fingerprint density at radius 3 is 2.61 bits per heavy atom. The van der Waals surface area contributed by atoms with E-state index in [0.717, 1.165) is 55.3 Å². The number of benzene rings is 1. The van der Waals surface area contributed by atoms with Crippen LogP contribution < -0.4 is 5.32 Å². The van der Waals surface area contributed by atoms with E-state index >= 15 is 0 Å². The van der Waals surface area contributed by atoms with Crippen LogP contribution in [0, 0.1) is 29.6 Å². The summed E-state index contributed by atoms with van der Waals surface area (Å²) in [4.78, 5) is 0. The molecule has 4 unspecified atom stereocenters. The van der Waals surface area contributed by atoms with E-state index in [1.54, 1.807) is 0 Å². The number of aliphatic hydroxyl groups is 2. The fraction of sp³-hybridized carbons (Fsp3) is 0.581. The molecule has 2 aromatic rings. The molecule has 0 aliphatic heterocycles. The number of hydrogen-bond acceptors (Lipinski definition) is 4. The second-order valence-corrected chi connectivity index (χ2v) is 12.3. The highest BCUT2D eigenvalue weighted by molar-refractivity contribution is 5.87. The van der Waals surface area contributed by atoms with Crippen molar-refractivity contribution in [3.05, 3.63) is 58.8 Å². The number of aliphatic hydroxyl groups excluding tert-OH is 1. The Kier molecular flexibility index (Phi) is 6.34. The Bertz CT molecular complexity index is 1250. The maximum atomic E-state index is 12.4. The van der Waals surface area contributed by atoms with E-state index in [-0.39, 0.29) is 22.9 Å². The number of fused-ring (bicyclic) bond motifs is 5. The fourth-order valence-electron chi connectivity index (χ4n) is 7.64. The Labute approximate surface area is 215 Å². The van der Waals surface area contributed by atoms with Gasteiger partial charge in [0.2, 0.25) is 0 Å². The van der Waals surface area contributed by atoms with Crippen LogP contribution in [0.5, 0.6) is 0 Å². The molecule has 1 aromatic carbocycles. The third kappa shape index (κ3) is 3.74. The van der Waals surface area contributed by atoms with Crippen LogP contribution in [0.4, 0.5) is 0 Å². The lowest BCUT2D eigenvalue weighted by atomic mass is 9.49. The molecule has 4 aliphatic carbocycles. The fourth-order valence-corrected chi connectivity index (χ4v) is 7.64. The molecule has 5 atom stereocenters. The van der Waals surface area contributed by atoms with Crippen LogP contribution in [0.25, 0.3) is 16.5 Å². The smallest absolute Gasteiger partial charge is 0.0933 e. The van der Waals surface area contributed by atoms with Crippen molar-refractivity contribution in [1.82, 2.24) is 15.5 Å². The van der Waals surface area contributed by atoms with Crippen molar-refractivity contribution in [2.45, 2.75) is 77.9 Å². The zero-order chi connectivity index (χ0) is 25.9. The summed E-state index contributed by atoms with van der Waals surface area (Å²) in [7, 11) is 3.75. The summed E-state index contributed by atoms with van der Waals surface area (Å²) >= 11 is 0. The number of aromatic nitrogens is 2. The van der Waals surface area contributed by atoms with Crippen LogP contribution in [-0.2, 0) is 0 Å². The number of rotatable bonds is 1. The lowest BCUT2D eigenvalue weighted by molar-refractivity contribution is -0.0651. The molecule has 4 N–H and O–H groups in total. The number of nitrogens with one attached hydrogen (secondary N) is 2. The first-order chi connectivity index (χ1) is 17.0. The quantitative estimate of drug-likeness (QED) is 0.415. The molecule has 36 heavy (non-hydrogen) atoms. The molecule has 5 nitrogen and oxygen atoms in total. The van der Waals surface area contributed by atoms with Crippen molar-refractivity contribution in [2.24, 2.45) is 22.7 Å². The van der Waals surface area contributed by atoms with Gasteiger partial charge >= 0.3 is 0 Å². The van der Waals surface area contributed by atoms with Gasteiger partial charge in [0, 0.05) is 22.4 Å². The van der Waals surface area contributed by atoms with E-state index in [1.807, 2.05) is 14.1 Å². The van der Waals surface area contributed by atoms with Gasteiger partial charge in [0.25, 0.3) is 0 Å². The first-order valence-corrected chi connectivity index (χ1v) is 13.6. The molecule has 4 aliphatic rings. The van der Waals surface area contributed by atoms with Crippen molar-refractivity contribution in [3.63, 3.8) is 0 Å². The Hall–Kier alpha value is -2.21. The summed E-state index contributed by atoms with van der Waals surface area (Å²) < 4.78 is 0. The van der Waals surface area contributed by atoms with Gasteiger partial charge in [-0.25, -0.2) is 0 Å². The molecule has 1 fully saturated rings. The lowest BCUT2D eigenvalue weighted by Gasteiger charge is -2.56. The molecule has 5 heteroatoms. The average Bonchev–Trinajstić information content (AvgIpc) is 3.35. The van der Waals surface area contributed by atoms with Crippen LogP contribution in [0.3, 0.4) is 0 Å². The van der Waals surface area contributed by atoms with Crippen molar-refractivity contribution in [1.29, 1.82) is 0 Å². The third-order valence-electron chi connectivity index (χ3n) is 9.86. The van der Waals surface area contributed by atoms with E-state index in [0.29, 0.717) is 5.92 Å². The molecule has 194 valence electrons. The first kappa shape index (κ1) is 25.4. The molecular weight excluding hydrogens is 446 g/mol. The molecule has 1 aromatic heterocycles. The van der Waals surface area contributed by atoms with E-state index in [9.17, 15) is 10.2 Å². The number of hydrogen-bond donors (Lipinski definition) is 4. The second-order valence-electron chi connectivity index (χ2n) is 12.3. The zero-order valence-corrected chi connectivity index (χ0v) is 22.8. The van der Waals surface area contributed by atoms with Gasteiger partial charge in [0.05, 0.1) is 17.2 Å². The predicted molar refractivity (Wildman–Crippen MR) is 147 cm³/mol. The molecule has 0 amide bonds. The molecule has 1 saturated carbocycles. The number of aryl methyl sites for hydroxylation is 1. The van der Waals surface area contributed by atoms with Crippen LogP contribution in [0.1, 0.15) is 70.6 Å². The Morgan fingerprint density at radius 2 is 1.86 bits per heavy atom. The predicted octanol–water partition coefficient (Wildman–Crippen LogP) is 5.70. The second kappa shape index (κ2) is 8.97. The highest BCUT2D eigenvalue weighted by Crippen LogP contribution is 2.67. The van der Waals surface area contributed by atoms with Crippen LogP contribution in [-0.4, -0.2) is 46.2 Å². The number of allylic oxidation sites excluding steroid dienone is 3. The summed E-state index contributed by atoms with van der Waals surface area (Å²) in [5.74, 6) is 0.631. The van der Waals surface area contributed by atoms with Gasteiger partial charge in [-0.15, -0.1) is 0 Å². The summed E-state index contributed by atoms with van der Waals surface area (Å²) in [6, 6.07) is 6.62. The van der Waals surface area contributed by atoms with Gasteiger partial charge in [-0.3, -0.25) is 5.10 Å². The van der Waals surface area contributed by atoms with Gasteiger partial charge in [-0.2, -0.15) is 5.10 Å².